The molecule has 9 heteroatoms. The fourth-order valence-corrected chi connectivity index (χ4v) is 2.23. The van der Waals surface area contributed by atoms with Crippen LogP contribution in [0.4, 0.5) is 10.1 Å². The Kier molecular flexibility index (Phi) is 5.50. The topological polar surface area (TPSA) is 88.3 Å². The monoisotopic (exact) mass is 367 g/mol. The van der Waals surface area contributed by atoms with Crippen molar-refractivity contribution in [1.82, 2.24) is 25.6 Å². The van der Waals surface area contributed by atoms with Gasteiger partial charge in [-0.3, -0.25) is 4.79 Å². The van der Waals surface area contributed by atoms with Crippen molar-refractivity contribution in [1.29, 1.82) is 0 Å². The maximum absolute atomic E-state index is 12.9. The highest BCUT2D eigenvalue weighted by Gasteiger charge is 2.09. The third kappa shape index (κ3) is 4.94. The summed E-state index contributed by atoms with van der Waals surface area (Å²) in [4.78, 5) is 15.1. The van der Waals surface area contributed by atoms with E-state index < -0.39 is 0 Å². The van der Waals surface area contributed by atoms with E-state index in [1.807, 2.05) is 43.3 Å². The molecular formula is C18H18FN7O. The molecule has 0 aliphatic heterocycles. The number of rotatable bonds is 6. The highest BCUT2D eigenvalue weighted by atomic mass is 19.1. The van der Waals surface area contributed by atoms with Gasteiger partial charge in [-0.25, -0.2) is 9.82 Å². The van der Waals surface area contributed by atoms with Crippen LogP contribution in [-0.2, 0) is 11.3 Å². The molecule has 138 valence electrons. The third-order valence-corrected chi connectivity index (χ3v) is 3.65. The van der Waals surface area contributed by atoms with Gasteiger partial charge in [-0.1, -0.05) is 12.1 Å². The van der Waals surface area contributed by atoms with Gasteiger partial charge >= 0.3 is 0 Å². The summed E-state index contributed by atoms with van der Waals surface area (Å²) in [5, 5.41) is 15.7. The zero-order chi connectivity index (χ0) is 19.2. The normalized spacial score (nSPS) is 10.9. The summed E-state index contributed by atoms with van der Waals surface area (Å²) in [6, 6.07) is 13.4. The molecule has 8 nitrogen and oxygen atoms in total. The van der Waals surface area contributed by atoms with Crippen LogP contribution in [0, 0.1) is 5.82 Å². The van der Waals surface area contributed by atoms with Gasteiger partial charge in [-0.15, -0.1) is 10.2 Å². The minimum Gasteiger partial charge on any atom is -0.378 e. The van der Waals surface area contributed by atoms with Crippen LogP contribution in [0.5, 0.6) is 0 Å². The molecule has 0 unspecified atom stereocenters. The fraction of sp³-hybridized carbons (Fsp3) is 0.167. The smallest absolute Gasteiger partial charge is 0.263 e. The molecule has 0 atom stereocenters. The van der Waals surface area contributed by atoms with Gasteiger partial charge in [-0.2, -0.15) is 9.90 Å². The first-order chi connectivity index (χ1) is 13.0. The Bertz CT molecular complexity index is 933. The van der Waals surface area contributed by atoms with E-state index in [4.69, 9.17) is 0 Å². The number of carbonyl (C=O) groups is 1. The van der Waals surface area contributed by atoms with Crippen molar-refractivity contribution in [3.05, 3.63) is 59.9 Å². The molecule has 0 radical (unpaired) electrons. The number of aromatic nitrogens is 4. The van der Waals surface area contributed by atoms with E-state index in [1.165, 1.54) is 12.1 Å². The molecule has 1 heterocycles. The molecule has 1 aromatic heterocycles. The lowest BCUT2D eigenvalue weighted by atomic mass is 10.2. The van der Waals surface area contributed by atoms with Crippen LogP contribution in [0.15, 0.2) is 53.6 Å². The molecule has 0 fully saturated rings. The first kappa shape index (κ1) is 18.2. The zero-order valence-corrected chi connectivity index (χ0v) is 14.9. The van der Waals surface area contributed by atoms with Crippen molar-refractivity contribution in [2.24, 2.45) is 5.10 Å². The predicted molar refractivity (Wildman–Crippen MR) is 99.7 cm³/mol. The summed E-state index contributed by atoms with van der Waals surface area (Å²) in [6.07, 6.45) is 1.55. The molecule has 2 aromatic carbocycles. The first-order valence-corrected chi connectivity index (χ1v) is 8.14. The van der Waals surface area contributed by atoms with Crippen LogP contribution < -0.4 is 10.3 Å². The summed E-state index contributed by atoms with van der Waals surface area (Å²) < 4.78 is 12.9. The Hall–Kier alpha value is -3.62. The number of nitrogens with zero attached hydrogens (tertiary/aromatic N) is 6. The summed E-state index contributed by atoms with van der Waals surface area (Å²) in [7, 11) is 3.92. The van der Waals surface area contributed by atoms with Crippen molar-refractivity contribution >= 4 is 17.8 Å². The van der Waals surface area contributed by atoms with Crippen LogP contribution in [0.3, 0.4) is 0 Å². The molecule has 3 rings (SSSR count). The van der Waals surface area contributed by atoms with Crippen molar-refractivity contribution in [3.63, 3.8) is 0 Å². The minimum absolute atomic E-state index is 0.134. The third-order valence-electron chi connectivity index (χ3n) is 3.65. The molecule has 1 N–H and O–H groups in total. The molecule has 0 saturated heterocycles. The predicted octanol–water partition coefficient (Wildman–Crippen LogP) is 1.70. The average Bonchev–Trinajstić information content (AvgIpc) is 3.11. The summed E-state index contributed by atoms with van der Waals surface area (Å²) in [6.45, 7) is -0.134. The number of hydrogen-bond acceptors (Lipinski definition) is 6. The van der Waals surface area contributed by atoms with Crippen molar-refractivity contribution in [3.8, 4) is 11.4 Å². The number of tetrazole rings is 1. The first-order valence-electron chi connectivity index (χ1n) is 8.14. The average molecular weight is 367 g/mol. The summed E-state index contributed by atoms with van der Waals surface area (Å²) >= 11 is 0. The lowest BCUT2D eigenvalue weighted by Crippen LogP contribution is -2.24. The van der Waals surface area contributed by atoms with Gasteiger partial charge in [0.15, 0.2) is 0 Å². The number of nitrogens with one attached hydrogen (secondary N) is 1. The number of hydrazone groups is 1. The van der Waals surface area contributed by atoms with Gasteiger partial charge < -0.3 is 4.90 Å². The van der Waals surface area contributed by atoms with Gasteiger partial charge in [0.1, 0.15) is 12.4 Å². The quantitative estimate of drug-likeness (QED) is 0.529. The van der Waals surface area contributed by atoms with E-state index in [2.05, 4.69) is 25.9 Å². The Labute approximate surface area is 155 Å². The lowest BCUT2D eigenvalue weighted by Gasteiger charge is -2.11. The molecule has 0 spiro atoms. The van der Waals surface area contributed by atoms with E-state index >= 15 is 0 Å². The maximum atomic E-state index is 12.9. The molecular weight excluding hydrogens is 349 g/mol. The van der Waals surface area contributed by atoms with E-state index in [0.717, 1.165) is 16.0 Å². The lowest BCUT2D eigenvalue weighted by molar-refractivity contribution is -0.122. The standard InChI is InChI=1S/C18H18FN7O/c1-25(2)16-9-3-13(4-10-16)11-20-21-17(27)12-26-23-18(22-24-26)14-5-7-15(19)8-6-14/h3-11H,12H2,1-2H3,(H,21,27)/b20-11-. The van der Waals surface area contributed by atoms with Crippen LogP contribution in [0.25, 0.3) is 11.4 Å². The van der Waals surface area contributed by atoms with E-state index in [0.29, 0.717) is 11.4 Å². The second kappa shape index (κ2) is 8.17. The van der Waals surface area contributed by atoms with Crippen LogP contribution in [0.2, 0.25) is 0 Å². The van der Waals surface area contributed by atoms with Crippen molar-refractivity contribution < 1.29 is 9.18 Å². The van der Waals surface area contributed by atoms with Crippen LogP contribution in [0.1, 0.15) is 5.56 Å². The number of anilines is 1. The van der Waals surface area contributed by atoms with E-state index in [-0.39, 0.29) is 18.3 Å². The molecule has 0 aliphatic rings. The molecule has 3 aromatic rings. The van der Waals surface area contributed by atoms with E-state index in [1.54, 1.807) is 18.3 Å². The van der Waals surface area contributed by atoms with Gasteiger partial charge in [0.2, 0.25) is 5.82 Å². The number of benzene rings is 2. The molecule has 27 heavy (non-hydrogen) atoms. The van der Waals surface area contributed by atoms with Gasteiger partial charge in [0.05, 0.1) is 6.21 Å². The zero-order valence-electron chi connectivity index (χ0n) is 14.9. The van der Waals surface area contributed by atoms with Gasteiger partial charge in [0.25, 0.3) is 5.91 Å². The number of hydrogen-bond donors (Lipinski definition) is 1. The largest absolute Gasteiger partial charge is 0.378 e. The molecule has 1 amide bonds. The summed E-state index contributed by atoms with van der Waals surface area (Å²) in [5.41, 5.74) is 4.96. The highest BCUT2D eigenvalue weighted by molar-refractivity contribution is 5.82. The second-order valence-electron chi connectivity index (χ2n) is 5.93. The molecule has 0 saturated carbocycles. The van der Waals surface area contributed by atoms with Crippen LogP contribution in [-0.4, -0.2) is 46.4 Å². The van der Waals surface area contributed by atoms with Crippen molar-refractivity contribution in [2.75, 3.05) is 19.0 Å². The number of amides is 1. The van der Waals surface area contributed by atoms with Crippen LogP contribution >= 0.6 is 0 Å². The van der Waals surface area contributed by atoms with Gasteiger partial charge in [-0.05, 0) is 47.2 Å². The molecule has 0 bridgehead atoms. The molecule has 0 aliphatic carbocycles. The Morgan fingerprint density at radius 2 is 1.89 bits per heavy atom. The van der Waals surface area contributed by atoms with Crippen molar-refractivity contribution in [2.45, 2.75) is 6.54 Å². The SMILES string of the molecule is CN(C)c1ccc(/C=N\NC(=O)Cn2nnc(-c3ccc(F)cc3)n2)cc1. The second-order valence-corrected chi connectivity index (χ2v) is 5.93. The highest BCUT2D eigenvalue weighted by Crippen LogP contribution is 2.13. The minimum atomic E-state index is -0.390. The number of halogens is 1. The van der Waals surface area contributed by atoms with E-state index in [9.17, 15) is 9.18 Å². The summed E-state index contributed by atoms with van der Waals surface area (Å²) in [5.74, 6) is -0.425. The number of carbonyl (C=O) groups excluding carboxylic acids is 1. The Morgan fingerprint density at radius 1 is 1.19 bits per heavy atom. The maximum Gasteiger partial charge on any atom is 0.263 e. The fourth-order valence-electron chi connectivity index (χ4n) is 2.23. The van der Waals surface area contributed by atoms with Gasteiger partial charge in [0, 0.05) is 25.3 Å². The Morgan fingerprint density at radius 3 is 2.56 bits per heavy atom. The Balaban J connectivity index is 1.54.